The molecule has 0 aromatic carbocycles. The van der Waals surface area contributed by atoms with E-state index < -0.39 is 29.5 Å². The topological polar surface area (TPSA) is 101 Å². The van der Waals surface area contributed by atoms with E-state index in [4.69, 9.17) is 4.74 Å². The predicted octanol–water partition coefficient (Wildman–Crippen LogP) is 7.81. The number of hydrogen-bond donors (Lipinski definition) is 2. The summed E-state index contributed by atoms with van der Waals surface area (Å²) in [6.45, 7) is 5.82. The van der Waals surface area contributed by atoms with Crippen LogP contribution in [0.5, 0.6) is 0 Å². The SMILES string of the molecule is CCCCCCCCCCCCCCCC(=O)O[C@H]1C[C@@]2(C)[C@@H](CC[C@]2(O)C(=O)CO)[C@@H]2CCC3=CC(=O)CC[C@]3(C)[C@H]21. The Bertz CT molecular complexity index is 1000. The fourth-order valence-corrected chi connectivity index (χ4v) is 9.87. The largest absolute Gasteiger partial charge is 0.462 e. The summed E-state index contributed by atoms with van der Waals surface area (Å²) in [5, 5.41) is 21.5. The van der Waals surface area contributed by atoms with E-state index in [9.17, 15) is 24.6 Å². The van der Waals surface area contributed by atoms with Gasteiger partial charge in [-0.3, -0.25) is 14.4 Å². The molecular weight excluding hydrogens is 540 g/mol. The summed E-state index contributed by atoms with van der Waals surface area (Å²) in [6.07, 6.45) is 22.6. The van der Waals surface area contributed by atoms with Gasteiger partial charge in [-0.25, -0.2) is 0 Å². The second kappa shape index (κ2) is 15.2. The van der Waals surface area contributed by atoms with Gasteiger partial charge in [-0.1, -0.05) is 103 Å². The number of aliphatic hydroxyl groups excluding tert-OH is 1. The zero-order chi connectivity index (χ0) is 31.1. The standard InChI is InChI=1S/C37H60O6/c1-4-5-6-7-8-9-10-11-12-13-14-15-16-17-33(41)43-31-25-36(3)30(21-23-37(36,42)32(40)26-38)29-19-18-27-24-28(39)20-22-35(27,2)34(29)31/h24,29-31,34,38,42H,4-23,25-26H2,1-3H3/t29-,30-,31-,34+,35-,36-,37-/m0/s1. The predicted molar refractivity (Wildman–Crippen MR) is 169 cm³/mol. The zero-order valence-electron chi connectivity index (χ0n) is 27.5. The van der Waals surface area contributed by atoms with Crippen LogP contribution in [0.3, 0.4) is 0 Å². The summed E-state index contributed by atoms with van der Waals surface area (Å²) >= 11 is 0. The van der Waals surface area contributed by atoms with E-state index in [2.05, 4.69) is 13.8 Å². The summed E-state index contributed by atoms with van der Waals surface area (Å²) in [6, 6.07) is 0. The van der Waals surface area contributed by atoms with Gasteiger partial charge in [0.1, 0.15) is 18.3 Å². The van der Waals surface area contributed by atoms with Crippen molar-refractivity contribution in [3.63, 3.8) is 0 Å². The van der Waals surface area contributed by atoms with Crippen molar-refractivity contribution in [3.05, 3.63) is 11.6 Å². The number of carbonyl (C=O) groups is 3. The lowest BCUT2D eigenvalue weighted by Gasteiger charge is -2.61. The Morgan fingerprint density at radius 3 is 2.09 bits per heavy atom. The van der Waals surface area contributed by atoms with Crippen molar-refractivity contribution in [1.82, 2.24) is 0 Å². The van der Waals surface area contributed by atoms with Gasteiger partial charge in [0.2, 0.25) is 0 Å². The van der Waals surface area contributed by atoms with Gasteiger partial charge in [0.15, 0.2) is 11.6 Å². The molecule has 0 saturated heterocycles. The Labute approximate surface area is 260 Å². The van der Waals surface area contributed by atoms with E-state index in [0.29, 0.717) is 25.7 Å². The highest BCUT2D eigenvalue weighted by molar-refractivity contribution is 5.92. The highest BCUT2D eigenvalue weighted by atomic mass is 16.5. The van der Waals surface area contributed by atoms with Gasteiger partial charge in [0.05, 0.1) is 0 Å². The smallest absolute Gasteiger partial charge is 0.306 e. The van der Waals surface area contributed by atoms with Crippen LogP contribution >= 0.6 is 0 Å². The van der Waals surface area contributed by atoms with Gasteiger partial charge in [0, 0.05) is 24.2 Å². The highest BCUT2D eigenvalue weighted by Gasteiger charge is 2.69. The van der Waals surface area contributed by atoms with Crippen LogP contribution in [-0.4, -0.2) is 46.1 Å². The molecule has 0 bridgehead atoms. The lowest BCUT2D eigenvalue weighted by molar-refractivity contribution is -0.196. The molecule has 0 aromatic heterocycles. The molecule has 0 radical (unpaired) electrons. The third kappa shape index (κ3) is 7.32. The molecule has 0 amide bonds. The van der Waals surface area contributed by atoms with Crippen LogP contribution in [-0.2, 0) is 19.1 Å². The Morgan fingerprint density at radius 2 is 1.49 bits per heavy atom. The minimum atomic E-state index is -1.60. The minimum Gasteiger partial charge on any atom is -0.462 e. The summed E-state index contributed by atoms with van der Waals surface area (Å²) in [5.41, 5.74) is -1.39. The molecule has 43 heavy (non-hydrogen) atoms. The first-order valence-corrected chi connectivity index (χ1v) is 17.9. The number of rotatable bonds is 17. The molecule has 6 heteroatoms. The first-order valence-electron chi connectivity index (χ1n) is 17.9. The molecule has 6 nitrogen and oxygen atoms in total. The maximum Gasteiger partial charge on any atom is 0.306 e. The molecule has 2 N–H and O–H groups in total. The molecular formula is C37H60O6. The third-order valence-corrected chi connectivity index (χ3v) is 12.4. The lowest BCUT2D eigenvalue weighted by atomic mass is 9.45. The summed E-state index contributed by atoms with van der Waals surface area (Å²) in [4.78, 5) is 38.6. The number of hydrogen-bond acceptors (Lipinski definition) is 6. The van der Waals surface area contributed by atoms with Gasteiger partial charge < -0.3 is 14.9 Å². The molecule has 4 aliphatic rings. The zero-order valence-corrected chi connectivity index (χ0v) is 27.5. The normalized spacial score (nSPS) is 35.1. The Hall–Kier alpha value is -1.53. The number of ether oxygens (including phenoxy) is 1. The number of unbranched alkanes of at least 4 members (excludes halogenated alkanes) is 12. The van der Waals surface area contributed by atoms with E-state index >= 15 is 0 Å². The van der Waals surface area contributed by atoms with Crippen molar-refractivity contribution < 1.29 is 29.3 Å². The lowest BCUT2D eigenvalue weighted by Crippen LogP contribution is -2.62. The van der Waals surface area contributed by atoms with E-state index in [1.165, 1.54) is 69.8 Å². The third-order valence-electron chi connectivity index (χ3n) is 12.4. The average molecular weight is 601 g/mol. The first kappa shape index (κ1) is 34.3. The molecule has 3 fully saturated rings. The van der Waals surface area contributed by atoms with Crippen LogP contribution in [0, 0.1) is 28.6 Å². The fraction of sp³-hybridized carbons (Fsp3) is 0.865. The van der Waals surface area contributed by atoms with Crippen LogP contribution in [0.4, 0.5) is 0 Å². The molecule has 3 saturated carbocycles. The van der Waals surface area contributed by atoms with Gasteiger partial charge in [-0.2, -0.15) is 0 Å². The molecule has 4 rings (SSSR count). The van der Waals surface area contributed by atoms with Crippen molar-refractivity contribution in [3.8, 4) is 0 Å². The number of esters is 1. The molecule has 4 aliphatic carbocycles. The quantitative estimate of drug-likeness (QED) is 0.130. The average Bonchev–Trinajstić information content (AvgIpc) is 3.26. The monoisotopic (exact) mass is 600 g/mol. The van der Waals surface area contributed by atoms with Crippen molar-refractivity contribution in [1.29, 1.82) is 0 Å². The van der Waals surface area contributed by atoms with Crippen LogP contribution in [0.25, 0.3) is 0 Å². The van der Waals surface area contributed by atoms with Crippen LogP contribution in [0.1, 0.15) is 156 Å². The summed E-state index contributed by atoms with van der Waals surface area (Å²) < 4.78 is 6.35. The van der Waals surface area contributed by atoms with Crippen LogP contribution in [0.2, 0.25) is 0 Å². The van der Waals surface area contributed by atoms with E-state index in [1.807, 2.05) is 13.0 Å². The van der Waals surface area contributed by atoms with E-state index in [1.54, 1.807) is 0 Å². The molecule has 7 atom stereocenters. The van der Waals surface area contributed by atoms with Gasteiger partial charge in [-0.05, 0) is 68.3 Å². The summed E-state index contributed by atoms with van der Waals surface area (Å²) in [5.74, 6) is -0.129. The van der Waals surface area contributed by atoms with E-state index in [-0.39, 0.29) is 34.9 Å². The van der Waals surface area contributed by atoms with Crippen LogP contribution in [0.15, 0.2) is 11.6 Å². The first-order chi connectivity index (χ1) is 20.6. The van der Waals surface area contributed by atoms with Gasteiger partial charge >= 0.3 is 5.97 Å². The maximum atomic E-state index is 13.3. The van der Waals surface area contributed by atoms with E-state index in [0.717, 1.165) is 44.9 Å². The maximum absolute atomic E-state index is 13.3. The Kier molecular flexibility index (Phi) is 12.1. The van der Waals surface area contributed by atoms with Crippen LogP contribution < -0.4 is 0 Å². The van der Waals surface area contributed by atoms with Gasteiger partial charge in [0.25, 0.3) is 0 Å². The van der Waals surface area contributed by atoms with Crippen molar-refractivity contribution in [2.24, 2.45) is 28.6 Å². The number of ketones is 2. The molecule has 0 spiro atoms. The molecule has 0 aromatic rings. The van der Waals surface area contributed by atoms with Crippen molar-refractivity contribution >= 4 is 17.5 Å². The minimum absolute atomic E-state index is 0.0702. The summed E-state index contributed by atoms with van der Waals surface area (Å²) in [7, 11) is 0. The molecule has 0 unspecified atom stereocenters. The highest BCUT2D eigenvalue weighted by Crippen LogP contribution is 2.68. The number of aliphatic hydroxyl groups is 2. The number of allylic oxidation sites excluding steroid dienone is 1. The molecule has 0 heterocycles. The second-order valence-corrected chi connectivity index (χ2v) is 15.0. The molecule has 244 valence electrons. The van der Waals surface area contributed by atoms with Crippen molar-refractivity contribution in [2.45, 2.75) is 167 Å². The van der Waals surface area contributed by atoms with Crippen molar-refractivity contribution in [2.75, 3.05) is 6.61 Å². The van der Waals surface area contributed by atoms with Gasteiger partial charge in [-0.15, -0.1) is 0 Å². The Balaban J connectivity index is 1.32. The number of Topliss-reactive ketones (excluding diaryl/α,β-unsaturated/α-hetero) is 1. The number of carbonyl (C=O) groups excluding carboxylic acids is 3. The fourth-order valence-electron chi connectivity index (χ4n) is 9.87. The second-order valence-electron chi connectivity index (χ2n) is 15.0. The molecule has 0 aliphatic heterocycles. The Morgan fingerprint density at radius 1 is 0.884 bits per heavy atom. The number of fused-ring (bicyclic) bond motifs is 5.